The summed E-state index contributed by atoms with van der Waals surface area (Å²) >= 11 is 5.70. The molecule has 0 aliphatic carbocycles. The molecule has 3 nitrogen and oxygen atoms in total. The number of pyridine rings is 1. The summed E-state index contributed by atoms with van der Waals surface area (Å²) in [7, 11) is 0. The van der Waals surface area contributed by atoms with Gasteiger partial charge >= 0.3 is 0 Å². The standard InChI is InChI=1S/C10H12ClN3/c11-9-2-1-7(6-14-9)5-8-3-4-13-10(8)12/h1-2,6,8H,3-5H2,(H2,12,13). The zero-order valence-corrected chi connectivity index (χ0v) is 8.54. The molecule has 1 aliphatic heterocycles. The van der Waals surface area contributed by atoms with Gasteiger partial charge in [0.25, 0.3) is 0 Å². The first-order chi connectivity index (χ1) is 6.75. The van der Waals surface area contributed by atoms with Crippen molar-refractivity contribution in [1.29, 1.82) is 0 Å². The van der Waals surface area contributed by atoms with Crippen LogP contribution in [0.4, 0.5) is 0 Å². The van der Waals surface area contributed by atoms with Crippen LogP contribution in [-0.2, 0) is 6.42 Å². The molecule has 0 saturated heterocycles. The molecule has 1 unspecified atom stereocenters. The van der Waals surface area contributed by atoms with Gasteiger partial charge in [-0.15, -0.1) is 0 Å². The minimum atomic E-state index is 0.387. The summed E-state index contributed by atoms with van der Waals surface area (Å²) < 4.78 is 0. The zero-order valence-electron chi connectivity index (χ0n) is 7.78. The summed E-state index contributed by atoms with van der Waals surface area (Å²) in [5, 5.41) is 0.529. The van der Waals surface area contributed by atoms with Gasteiger partial charge in [0, 0.05) is 18.7 Å². The highest BCUT2D eigenvalue weighted by atomic mass is 35.5. The molecule has 4 heteroatoms. The predicted molar refractivity (Wildman–Crippen MR) is 57.5 cm³/mol. The molecule has 0 bridgehead atoms. The number of nitrogens with two attached hydrogens (primary N) is 1. The van der Waals surface area contributed by atoms with E-state index in [-0.39, 0.29) is 0 Å². The van der Waals surface area contributed by atoms with Gasteiger partial charge in [-0.3, -0.25) is 4.99 Å². The van der Waals surface area contributed by atoms with E-state index in [1.165, 1.54) is 5.56 Å². The Bertz CT molecular complexity index is 345. The van der Waals surface area contributed by atoms with Gasteiger partial charge < -0.3 is 5.73 Å². The first-order valence-corrected chi connectivity index (χ1v) is 5.04. The molecule has 14 heavy (non-hydrogen) atoms. The summed E-state index contributed by atoms with van der Waals surface area (Å²) in [6, 6.07) is 3.79. The minimum absolute atomic E-state index is 0.387. The highest BCUT2D eigenvalue weighted by Crippen LogP contribution is 2.17. The Morgan fingerprint density at radius 2 is 2.36 bits per heavy atom. The van der Waals surface area contributed by atoms with Crippen molar-refractivity contribution in [3.05, 3.63) is 29.0 Å². The van der Waals surface area contributed by atoms with E-state index in [0.29, 0.717) is 11.1 Å². The van der Waals surface area contributed by atoms with Crippen LogP contribution in [0.5, 0.6) is 0 Å². The molecule has 0 saturated carbocycles. The van der Waals surface area contributed by atoms with E-state index < -0.39 is 0 Å². The van der Waals surface area contributed by atoms with Gasteiger partial charge in [0.2, 0.25) is 0 Å². The Labute approximate surface area is 88.0 Å². The molecular formula is C10H12ClN3. The summed E-state index contributed by atoms with van der Waals surface area (Å²) in [4.78, 5) is 8.21. The number of halogens is 1. The number of aromatic nitrogens is 1. The van der Waals surface area contributed by atoms with Crippen molar-refractivity contribution in [2.45, 2.75) is 12.8 Å². The lowest BCUT2D eigenvalue weighted by molar-refractivity contribution is 0.670. The van der Waals surface area contributed by atoms with Crippen molar-refractivity contribution in [3.63, 3.8) is 0 Å². The van der Waals surface area contributed by atoms with Crippen LogP contribution in [0.2, 0.25) is 5.15 Å². The molecule has 74 valence electrons. The van der Waals surface area contributed by atoms with Crippen molar-refractivity contribution in [3.8, 4) is 0 Å². The number of nitrogens with zero attached hydrogens (tertiary/aromatic N) is 2. The highest BCUT2D eigenvalue weighted by Gasteiger charge is 2.18. The summed E-state index contributed by atoms with van der Waals surface area (Å²) in [6.07, 6.45) is 3.77. The molecule has 0 spiro atoms. The van der Waals surface area contributed by atoms with Crippen LogP contribution in [0.1, 0.15) is 12.0 Å². The number of amidine groups is 1. The van der Waals surface area contributed by atoms with Crippen LogP contribution in [-0.4, -0.2) is 17.4 Å². The van der Waals surface area contributed by atoms with E-state index in [1.54, 1.807) is 12.3 Å². The van der Waals surface area contributed by atoms with Gasteiger partial charge in [-0.05, 0) is 24.5 Å². The van der Waals surface area contributed by atoms with Crippen LogP contribution in [0.15, 0.2) is 23.3 Å². The van der Waals surface area contributed by atoms with Crippen LogP contribution in [0.25, 0.3) is 0 Å². The predicted octanol–water partition coefficient (Wildman–Crippen LogP) is 1.65. The molecule has 0 fully saturated rings. The summed E-state index contributed by atoms with van der Waals surface area (Å²) in [5.74, 6) is 1.16. The van der Waals surface area contributed by atoms with Crippen molar-refractivity contribution in [2.75, 3.05) is 6.54 Å². The van der Waals surface area contributed by atoms with E-state index in [0.717, 1.165) is 25.2 Å². The minimum Gasteiger partial charge on any atom is -0.387 e. The van der Waals surface area contributed by atoms with Crippen LogP contribution in [0, 0.1) is 5.92 Å². The van der Waals surface area contributed by atoms with E-state index in [2.05, 4.69) is 9.98 Å². The molecule has 1 aromatic rings. The van der Waals surface area contributed by atoms with Gasteiger partial charge in [-0.2, -0.15) is 0 Å². The first kappa shape index (κ1) is 9.46. The van der Waals surface area contributed by atoms with Crippen molar-refractivity contribution in [2.24, 2.45) is 16.6 Å². The fourth-order valence-electron chi connectivity index (χ4n) is 1.64. The number of rotatable bonds is 2. The second-order valence-electron chi connectivity index (χ2n) is 3.49. The lowest BCUT2D eigenvalue weighted by Crippen LogP contribution is -2.21. The smallest absolute Gasteiger partial charge is 0.129 e. The Morgan fingerprint density at radius 1 is 1.50 bits per heavy atom. The number of hydrogen-bond donors (Lipinski definition) is 1. The lowest BCUT2D eigenvalue weighted by atomic mass is 9.98. The zero-order chi connectivity index (χ0) is 9.97. The van der Waals surface area contributed by atoms with Gasteiger partial charge in [-0.1, -0.05) is 17.7 Å². The summed E-state index contributed by atoms with van der Waals surface area (Å²) in [6.45, 7) is 0.859. The maximum Gasteiger partial charge on any atom is 0.129 e. The molecule has 0 amide bonds. The van der Waals surface area contributed by atoms with Gasteiger partial charge in [0.1, 0.15) is 5.15 Å². The molecular weight excluding hydrogens is 198 g/mol. The van der Waals surface area contributed by atoms with Crippen molar-refractivity contribution < 1.29 is 0 Å². The van der Waals surface area contributed by atoms with E-state index in [9.17, 15) is 0 Å². The van der Waals surface area contributed by atoms with Crippen LogP contribution >= 0.6 is 11.6 Å². The van der Waals surface area contributed by atoms with Crippen LogP contribution < -0.4 is 5.73 Å². The molecule has 1 aliphatic rings. The fraction of sp³-hybridized carbons (Fsp3) is 0.400. The Morgan fingerprint density at radius 3 is 2.93 bits per heavy atom. The largest absolute Gasteiger partial charge is 0.387 e. The monoisotopic (exact) mass is 209 g/mol. The Hall–Kier alpha value is -1.09. The lowest BCUT2D eigenvalue weighted by Gasteiger charge is -2.08. The topological polar surface area (TPSA) is 51.3 Å². The first-order valence-electron chi connectivity index (χ1n) is 4.66. The Kier molecular flexibility index (Phi) is 2.68. The molecule has 0 radical (unpaired) electrons. The normalized spacial score (nSPS) is 20.9. The van der Waals surface area contributed by atoms with E-state index in [4.69, 9.17) is 17.3 Å². The molecule has 2 heterocycles. The quantitative estimate of drug-likeness (QED) is 0.754. The average molecular weight is 210 g/mol. The van der Waals surface area contributed by atoms with Gasteiger partial charge in [0.15, 0.2) is 0 Å². The van der Waals surface area contributed by atoms with Crippen molar-refractivity contribution in [1.82, 2.24) is 4.98 Å². The van der Waals surface area contributed by atoms with Crippen molar-refractivity contribution >= 4 is 17.4 Å². The average Bonchev–Trinajstić information content (AvgIpc) is 2.56. The number of aliphatic imine (C=N–C) groups is 1. The van der Waals surface area contributed by atoms with E-state index in [1.807, 2.05) is 6.07 Å². The fourth-order valence-corrected chi connectivity index (χ4v) is 1.76. The maximum absolute atomic E-state index is 5.76. The highest BCUT2D eigenvalue weighted by molar-refractivity contribution is 6.29. The van der Waals surface area contributed by atoms with E-state index >= 15 is 0 Å². The van der Waals surface area contributed by atoms with Gasteiger partial charge in [-0.25, -0.2) is 4.98 Å². The second kappa shape index (κ2) is 3.96. The van der Waals surface area contributed by atoms with Gasteiger partial charge in [0.05, 0.1) is 5.84 Å². The molecule has 1 atom stereocenters. The third-order valence-corrected chi connectivity index (χ3v) is 2.68. The molecule has 1 aromatic heterocycles. The maximum atomic E-state index is 5.76. The molecule has 2 rings (SSSR count). The third kappa shape index (κ3) is 2.04. The molecule has 0 aromatic carbocycles. The summed E-state index contributed by atoms with van der Waals surface area (Å²) in [5.41, 5.74) is 6.93. The number of hydrogen-bond acceptors (Lipinski definition) is 3. The molecule has 2 N–H and O–H groups in total. The Balaban J connectivity index is 2.04. The SMILES string of the molecule is NC1=NCCC1Cc1ccc(Cl)nc1. The second-order valence-corrected chi connectivity index (χ2v) is 3.87. The third-order valence-electron chi connectivity index (χ3n) is 2.46. The van der Waals surface area contributed by atoms with Crippen LogP contribution in [0.3, 0.4) is 0 Å².